The Bertz CT molecular complexity index is 597. The molecule has 1 N–H and O–H groups in total. The number of fused-ring (bicyclic) bond motifs is 1. The Kier molecular flexibility index (Phi) is 4.62. The summed E-state index contributed by atoms with van der Waals surface area (Å²) in [5, 5.41) is 2.98. The van der Waals surface area contributed by atoms with Crippen LogP contribution in [0, 0.1) is 18.8 Å². The van der Waals surface area contributed by atoms with Crippen molar-refractivity contribution in [3.8, 4) is 5.75 Å². The molecule has 2 fully saturated rings. The van der Waals surface area contributed by atoms with E-state index >= 15 is 0 Å². The molecule has 2 aliphatic rings. The summed E-state index contributed by atoms with van der Waals surface area (Å²) in [6.07, 6.45) is 0. The van der Waals surface area contributed by atoms with Crippen LogP contribution in [0.25, 0.3) is 0 Å². The van der Waals surface area contributed by atoms with Crippen molar-refractivity contribution in [2.45, 2.75) is 40.2 Å². The van der Waals surface area contributed by atoms with Gasteiger partial charge in [-0.2, -0.15) is 0 Å². The first-order valence-electron chi connectivity index (χ1n) is 8.75. The van der Waals surface area contributed by atoms with Gasteiger partial charge in [0.05, 0.1) is 12.5 Å². The number of ether oxygens (including phenoxy) is 1. The number of amides is 1. The van der Waals surface area contributed by atoms with Crippen LogP contribution in [0.1, 0.15) is 43.4 Å². The Balaban J connectivity index is 1.78. The highest BCUT2D eigenvalue weighted by atomic mass is 16.5. The molecule has 2 heterocycles. The molecule has 1 aromatic carbocycles. The van der Waals surface area contributed by atoms with Crippen molar-refractivity contribution in [3.05, 3.63) is 28.8 Å². The van der Waals surface area contributed by atoms with Gasteiger partial charge < -0.3 is 10.1 Å². The quantitative estimate of drug-likeness (QED) is 0.908. The molecule has 4 heteroatoms. The average molecular weight is 316 g/mol. The van der Waals surface area contributed by atoms with Crippen molar-refractivity contribution in [3.63, 3.8) is 0 Å². The Morgan fingerprint density at radius 3 is 2.78 bits per heavy atom. The lowest BCUT2D eigenvalue weighted by molar-refractivity contribution is -0.122. The number of likely N-dealkylation sites (tertiary alicyclic amines) is 1. The summed E-state index contributed by atoms with van der Waals surface area (Å²) in [6, 6.07) is 4.48. The topological polar surface area (TPSA) is 41.6 Å². The molecule has 0 radical (unpaired) electrons. The molecule has 3 rings (SSSR count). The van der Waals surface area contributed by atoms with Crippen molar-refractivity contribution in [2.24, 2.45) is 11.8 Å². The van der Waals surface area contributed by atoms with Crippen LogP contribution in [0.2, 0.25) is 0 Å². The van der Waals surface area contributed by atoms with Crippen molar-refractivity contribution in [1.82, 2.24) is 10.2 Å². The van der Waals surface area contributed by atoms with Gasteiger partial charge in [0.1, 0.15) is 5.75 Å². The number of carbonyl (C=O) groups is 1. The Morgan fingerprint density at radius 1 is 1.35 bits per heavy atom. The van der Waals surface area contributed by atoms with Gasteiger partial charge in [-0.25, -0.2) is 0 Å². The van der Waals surface area contributed by atoms with E-state index in [1.54, 1.807) is 0 Å². The molecule has 126 valence electrons. The second-order valence-electron chi connectivity index (χ2n) is 7.21. The Morgan fingerprint density at radius 2 is 2.13 bits per heavy atom. The summed E-state index contributed by atoms with van der Waals surface area (Å²) in [4.78, 5) is 14.3. The third-order valence-electron chi connectivity index (χ3n) is 5.18. The van der Waals surface area contributed by atoms with E-state index in [2.05, 4.69) is 43.1 Å². The number of rotatable bonds is 5. The van der Waals surface area contributed by atoms with Crippen molar-refractivity contribution >= 4 is 5.91 Å². The highest BCUT2D eigenvalue weighted by molar-refractivity contribution is 5.81. The molecule has 0 aromatic heterocycles. The summed E-state index contributed by atoms with van der Waals surface area (Å²) in [6.45, 7) is 13.0. The van der Waals surface area contributed by atoms with Gasteiger partial charge in [0, 0.05) is 32.1 Å². The normalized spacial score (nSPS) is 24.1. The number of hydrogen-bond acceptors (Lipinski definition) is 3. The molecule has 4 nitrogen and oxygen atoms in total. The standard InChI is InChI=1S/C19H28N2O2/c1-5-23-18-6-13(4)14(7-16(18)12(2)3)9-21-10-15-8-20-19(22)17(15)11-21/h6-7,12,15,17H,5,8-11H2,1-4H3,(H,20,22)/t15-,17+/m0/s1. The van der Waals surface area contributed by atoms with E-state index in [4.69, 9.17) is 4.74 Å². The second-order valence-corrected chi connectivity index (χ2v) is 7.21. The molecule has 0 bridgehead atoms. The van der Waals surface area contributed by atoms with Crippen molar-refractivity contribution in [1.29, 1.82) is 0 Å². The van der Waals surface area contributed by atoms with Crippen molar-refractivity contribution in [2.75, 3.05) is 26.2 Å². The maximum absolute atomic E-state index is 11.8. The van der Waals surface area contributed by atoms with Gasteiger partial charge in [-0.3, -0.25) is 9.69 Å². The van der Waals surface area contributed by atoms with E-state index in [9.17, 15) is 4.79 Å². The van der Waals surface area contributed by atoms with Crippen LogP contribution in [-0.4, -0.2) is 37.0 Å². The number of benzene rings is 1. The number of nitrogens with one attached hydrogen (secondary N) is 1. The zero-order valence-electron chi connectivity index (χ0n) is 14.7. The Labute approximate surface area is 139 Å². The fourth-order valence-corrected chi connectivity index (χ4v) is 3.84. The fourth-order valence-electron chi connectivity index (χ4n) is 3.84. The maximum atomic E-state index is 11.8. The molecule has 2 aliphatic heterocycles. The van der Waals surface area contributed by atoms with Gasteiger partial charge in [0.2, 0.25) is 5.91 Å². The van der Waals surface area contributed by atoms with E-state index in [1.807, 2.05) is 6.92 Å². The molecule has 1 amide bonds. The predicted molar refractivity (Wildman–Crippen MR) is 91.7 cm³/mol. The largest absolute Gasteiger partial charge is 0.494 e. The SMILES string of the molecule is CCOc1cc(C)c(CN2C[C@@H]3CNC(=O)[C@@H]3C2)cc1C(C)C. The second kappa shape index (κ2) is 6.52. The van der Waals surface area contributed by atoms with Crippen LogP contribution in [0.4, 0.5) is 0 Å². The first-order valence-corrected chi connectivity index (χ1v) is 8.75. The monoisotopic (exact) mass is 316 g/mol. The molecule has 0 aliphatic carbocycles. The Hall–Kier alpha value is -1.55. The van der Waals surface area contributed by atoms with E-state index in [1.165, 1.54) is 16.7 Å². The van der Waals surface area contributed by atoms with Gasteiger partial charge in [-0.15, -0.1) is 0 Å². The molecule has 0 saturated carbocycles. The third kappa shape index (κ3) is 3.23. The molecule has 2 saturated heterocycles. The zero-order valence-corrected chi connectivity index (χ0v) is 14.7. The van der Waals surface area contributed by atoms with Gasteiger partial charge in [-0.1, -0.05) is 19.9 Å². The van der Waals surface area contributed by atoms with Gasteiger partial charge >= 0.3 is 0 Å². The van der Waals surface area contributed by atoms with Crippen LogP contribution in [0.3, 0.4) is 0 Å². The van der Waals surface area contributed by atoms with E-state index in [-0.39, 0.29) is 11.8 Å². The molecule has 2 atom stereocenters. The first kappa shape index (κ1) is 16.3. The minimum Gasteiger partial charge on any atom is -0.494 e. The number of hydrogen-bond donors (Lipinski definition) is 1. The lowest BCUT2D eigenvalue weighted by Crippen LogP contribution is -2.28. The van der Waals surface area contributed by atoms with Crippen LogP contribution in [0.5, 0.6) is 5.75 Å². The fraction of sp³-hybridized carbons (Fsp3) is 0.632. The number of aryl methyl sites for hydroxylation is 1. The minimum atomic E-state index is 0.197. The highest BCUT2D eigenvalue weighted by Crippen LogP contribution is 2.33. The van der Waals surface area contributed by atoms with Gasteiger partial charge in [-0.05, 0) is 42.5 Å². The molecule has 0 unspecified atom stereocenters. The molecule has 0 spiro atoms. The third-order valence-corrected chi connectivity index (χ3v) is 5.18. The maximum Gasteiger partial charge on any atom is 0.224 e. The van der Waals surface area contributed by atoms with Crippen LogP contribution >= 0.6 is 0 Å². The van der Waals surface area contributed by atoms with Crippen LogP contribution in [0.15, 0.2) is 12.1 Å². The van der Waals surface area contributed by atoms with E-state index in [0.717, 1.165) is 31.9 Å². The molecular weight excluding hydrogens is 288 g/mol. The minimum absolute atomic E-state index is 0.197. The molecule has 1 aromatic rings. The highest BCUT2D eigenvalue weighted by Gasteiger charge is 2.41. The average Bonchev–Trinajstić information content (AvgIpc) is 3.04. The van der Waals surface area contributed by atoms with E-state index in [0.29, 0.717) is 18.4 Å². The molecular formula is C19H28N2O2. The lowest BCUT2D eigenvalue weighted by Gasteiger charge is -2.21. The van der Waals surface area contributed by atoms with Crippen LogP contribution < -0.4 is 10.1 Å². The summed E-state index contributed by atoms with van der Waals surface area (Å²) in [5.41, 5.74) is 3.92. The first-order chi connectivity index (χ1) is 11.0. The predicted octanol–water partition coefficient (Wildman–Crippen LogP) is 2.69. The number of nitrogens with zero attached hydrogens (tertiary/aromatic N) is 1. The van der Waals surface area contributed by atoms with E-state index < -0.39 is 0 Å². The van der Waals surface area contributed by atoms with Gasteiger partial charge in [0.15, 0.2) is 0 Å². The smallest absolute Gasteiger partial charge is 0.224 e. The summed E-state index contributed by atoms with van der Waals surface area (Å²) < 4.78 is 5.81. The number of carbonyl (C=O) groups excluding carboxylic acids is 1. The summed E-state index contributed by atoms with van der Waals surface area (Å²) in [7, 11) is 0. The zero-order chi connectivity index (χ0) is 16.6. The molecule has 23 heavy (non-hydrogen) atoms. The summed E-state index contributed by atoms with van der Waals surface area (Å²) in [5.74, 6) is 2.39. The van der Waals surface area contributed by atoms with Crippen LogP contribution in [-0.2, 0) is 11.3 Å². The lowest BCUT2D eigenvalue weighted by atomic mass is 9.96. The van der Waals surface area contributed by atoms with Crippen molar-refractivity contribution < 1.29 is 9.53 Å². The van der Waals surface area contributed by atoms with Gasteiger partial charge in [0.25, 0.3) is 0 Å². The summed E-state index contributed by atoms with van der Waals surface area (Å²) >= 11 is 0.